The number of hydrogen-bond donors (Lipinski definition) is 0. The molecule has 5 nitrogen and oxygen atoms in total. The van der Waals surface area contributed by atoms with Crippen LogP contribution in [0.15, 0.2) is 72.4 Å². The maximum atomic E-state index is 12.9. The summed E-state index contributed by atoms with van der Waals surface area (Å²) in [6.07, 6.45) is 1.82. The van der Waals surface area contributed by atoms with E-state index in [0.29, 0.717) is 13.1 Å². The quantitative estimate of drug-likeness (QED) is 0.406. The van der Waals surface area contributed by atoms with E-state index in [1.54, 1.807) is 4.90 Å². The minimum atomic E-state index is -0.276. The third kappa shape index (κ3) is 5.15. The van der Waals surface area contributed by atoms with Gasteiger partial charge >= 0.3 is 0 Å². The Morgan fingerprint density at radius 2 is 1.97 bits per heavy atom. The van der Waals surface area contributed by atoms with E-state index in [2.05, 4.69) is 35.8 Å². The number of aryl methyl sites for hydroxylation is 1. The predicted octanol–water partition coefficient (Wildman–Crippen LogP) is 4.58. The van der Waals surface area contributed by atoms with Crippen LogP contribution in [0, 0.1) is 6.92 Å². The minimum Gasteiger partial charge on any atom is -0.340 e. The van der Waals surface area contributed by atoms with Crippen molar-refractivity contribution in [2.45, 2.75) is 37.3 Å². The summed E-state index contributed by atoms with van der Waals surface area (Å²) < 4.78 is 2.01. The zero-order valence-electron chi connectivity index (χ0n) is 17.1. The number of carbonyl (C=O) groups is 1. The first-order valence-corrected chi connectivity index (χ1v) is 10.4. The fourth-order valence-corrected chi connectivity index (χ4v) is 4.09. The van der Waals surface area contributed by atoms with Gasteiger partial charge in [0.05, 0.1) is 5.25 Å². The Balaban J connectivity index is 1.76. The topological polar surface area (TPSA) is 51.0 Å². The largest absolute Gasteiger partial charge is 0.340 e. The molecule has 0 bridgehead atoms. The van der Waals surface area contributed by atoms with Gasteiger partial charge in [0.1, 0.15) is 0 Å². The van der Waals surface area contributed by atoms with Crippen molar-refractivity contribution in [2.24, 2.45) is 0 Å². The van der Waals surface area contributed by atoms with Crippen molar-refractivity contribution >= 4 is 17.7 Å². The van der Waals surface area contributed by atoms with Gasteiger partial charge in [0, 0.05) is 25.7 Å². The van der Waals surface area contributed by atoms with Crippen molar-refractivity contribution in [1.29, 1.82) is 0 Å². The zero-order valence-corrected chi connectivity index (χ0v) is 17.9. The summed E-state index contributed by atoms with van der Waals surface area (Å²) in [5, 5.41) is 9.20. The van der Waals surface area contributed by atoms with E-state index in [1.807, 2.05) is 67.1 Å². The van der Waals surface area contributed by atoms with Crippen LogP contribution in [0.25, 0.3) is 11.4 Å². The smallest absolute Gasteiger partial charge is 0.235 e. The maximum Gasteiger partial charge on any atom is 0.235 e. The summed E-state index contributed by atoms with van der Waals surface area (Å²) in [6.45, 7) is 8.98. The first kappa shape index (κ1) is 20.9. The van der Waals surface area contributed by atoms with Crippen molar-refractivity contribution in [3.63, 3.8) is 0 Å². The lowest BCUT2D eigenvalue weighted by atomic mass is 10.1. The van der Waals surface area contributed by atoms with E-state index in [1.165, 1.54) is 11.8 Å². The molecule has 0 N–H and O–H groups in total. The molecule has 0 saturated heterocycles. The number of aromatic nitrogens is 3. The van der Waals surface area contributed by atoms with Gasteiger partial charge in [0.15, 0.2) is 11.0 Å². The van der Waals surface area contributed by atoms with Crippen molar-refractivity contribution < 1.29 is 4.79 Å². The average Bonchev–Trinajstić information content (AvgIpc) is 3.10. The third-order valence-electron chi connectivity index (χ3n) is 4.57. The van der Waals surface area contributed by atoms with Crippen molar-refractivity contribution in [1.82, 2.24) is 19.7 Å². The van der Waals surface area contributed by atoms with Crippen LogP contribution >= 0.6 is 11.8 Å². The molecule has 0 spiro atoms. The molecule has 29 heavy (non-hydrogen) atoms. The lowest BCUT2D eigenvalue weighted by Crippen LogP contribution is -2.33. The van der Waals surface area contributed by atoms with Crippen molar-refractivity contribution in [2.75, 3.05) is 7.05 Å². The molecule has 1 heterocycles. The van der Waals surface area contributed by atoms with Crippen LogP contribution in [0.4, 0.5) is 0 Å². The highest BCUT2D eigenvalue weighted by atomic mass is 32.2. The molecule has 2 aromatic carbocycles. The lowest BCUT2D eigenvalue weighted by Gasteiger charge is -2.21. The van der Waals surface area contributed by atoms with Gasteiger partial charge in [-0.15, -0.1) is 16.8 Å². The van der Waals surface area contributed by atoms with E-state index in [0.717, 1.165) is 27.7 Å². The van der Waals surface area contributed by atoms with Gasteiger partial charge in [-0.3, -0.25) is 9.36 Å². The second-order valence-corrected chi connectivity index (χ2v) is 8.32. The highest BCUT2D eigenvalue weighted by Crippen LogP contribution is 2.28. The molecule has 1 aromatic heterocycles. The molecule has 0 radical (unpaired) electrons. The number of allylic oxidation sites excluding steroid dienone is 1. The fraction of sp³-hybridized carbons (Fsp3) is 0.261. The second kappa shape index (κ2) is 9.56. The van der Waals surface area contributed by atoms with Crippen LogP contribution in [0.3, 0.4) is 0 Å². The maximum absolute atomic E-state index is 12.9. The molecule has 0 aliphatic rings. The van der Waals surface area contributed by atoms with E-state index >= 15 is 0 Å². The van der Waals surface area contributed by atoms with Crippen LogP contribution in [-0.4, -0.2) is 37.9 Å². The fourth-order valence-electron chi connectivity index (χ4n) is 3.12. The first-order chi connectivity index (χ1) is 14.0. The third-order valence-corrected chi connectivity index (χ3v) is 5.64. The van der Waals surface area contributed by atoms with Crippen LogP contribution < -0.4 is 0 Å². The van der Waals surface area contributed by atoms with Crippen LogP contribution in [0.2, 0.25) is 0 Å². The summed E-state index contributed by atoms with van der Waals surface area (Å²) >= 11 is 1.43. The molecule has 1 unspecified atom stereocenters. The Morgan fingerprint density at radius 3 is 2.66 bits per heavy atom. The number of hydrogen-bond acceptors (Lipinski definition) is 4. The summed E-state index contributed by atoms with van der Waals surface area (Å²) in [7, 11) is 1.83. The molecule has 0 saturated carbocycles. The number of carbonyl (C=O) groups excluding carboxylic acids is 1. The summed E-state index contributed by atoms with van der Waals surface area (Å²) in [5.41, 5.74) is 3.28. The standard InChI is InChI=1S/C23H26N4OS/c1-5-14-27-21(20-13-9-10-17(2)15-20)24-25-23(27)29-18(3)22(28)26(4)16-19-11-7-6-8-12-19/h5-13,15,18H,1,14,16H2,2-4H3. The SMILES string of the molecule is C=CCn1c(SC(C)C(=O)N(C)Cc2ccccc2)nnc1-c1cccc(C)c1. The van der Waals surface area contributed by atoms with Gasteiger partial charge in [-0.05, 0) is 25.5 Å². The summed E-state index contributed by atoms with van der Waals surface area (Å²) in [5.74, 6) is 0.845. The number of nitrogens with zero attached hydrogens (tertiary/aromatic N) is 4. The average molecular weight is 407 g/mol. The van der Waals surface area contributed by atoms with E-state index in [-0.39, 0.29) is 11.2 Å². The van der Waals surface area contributed by atoms with E-state index in [4.69, 9.17) is 0 Å². The number of benzene rings is 2. The van der Waals surface area contributed by atoms with Crippen molar-refractivity contribution in [3.05, 3.63) is 78.4 Å². The molecule has 3 aromatic rings. The van der Waals surface area contributed by atoms with Gasteiger partial charge < -0.3 is 4.90 Å². The summed E-state index contributed by atoms with van der Waals surface area (Å²) in [4.78, 5) is 14.6. The molecule has 0 fully saturated rings. The molecule has 1 amide bonds. The Bertz CT molecular complexity index is 984. The van der Waals surface area contributed by atoms with Crippen LogP contribution in [0.5, 0.6) is 0 Å². The number of rotatable bonds is 8. The normalized spacial score (nSPS) is 11.8. The molecule has 6 heteroatoms. The van der Waals surface area contributed by atoms with Crippen LogP contribution in [-0.2, 0) is 17.9 Å². The van der Waals surface area contributed by atoms with E-state index in [9.17, 15) is 4.79 Å². The Hall–Kier alpha value is -2.86. The molecule has 3 rings (SSSR count). The highest BCUT2D eigenvalue weighted by molar-refractivity contribution is 8.00. The first-order valence-electron chi connectivity index (χ1n) is 9.56. The lowest BCUT2D eigenvalue weighted by molar-refractivity contribution is -0.129. The highest BCUT2D eigenvalue weighted by Gasteiger charge is 2.23. The second-order valence-electron chi connectivity index (χ2n) is 7.01. The van der Waals surface area contributed by atoms with Gasteiger partial charge in [-0.1, -0.05) is 71.9 Å². The Labute approximate surface area is 176 Å². The molecule has 1 atom stereocenters. The minimum absolute atomic E-state index is 0.0594. The zero-order chi connectivity index (χ0) is 20.8. The molecule has 0 aliphatic carbocycles. The molecular weight excluding hydrogens is 380 g/mol. The molecular formula is C23H26N4OS. The van der Waals surface area contributed by atoms with Gasteiger partial charge in [0.25, 0.3) is 0 Å². The van der Waals surface area contributed by atoms with Gasteiger partial charge in [-0.2, -0.15) is 0 Å². The Morgan fingerprint density at radius 1 is 1.21 bits per heavy atom. The number of amides is 1. The molecule has 0 aliphatic heterocycles. The molecule has 150 valence electrons. The van der Waals surface area contributed by atoms with Gasteiger partial charge in [-0.25, -0.2) is 0 Å². The number of thioether (sulfide) groups is 1. The van der Waals surface area contributed by atoms with E-state index < -0.39 is 0 Å². The van der Waals surface area contributed by atoms with Crippen LogP contribution in [0.1, 0.15) is 18.1 Å². The van der Waals surface area contributed by atoms with Gasteiger partial charge in [0.2, 0.25) is 5.91 Å². The monoisotopic (exact) mass is 406 g/mol. The Kier molecular flexibility index (Phi) is 6.88. The summed E-state index contributed by atoms with van der Waals surface area (Å²) in [6, 6.07) is 18.2. The van der Waals surface area contributed by atoms with Crippen molar-refractivity contribution in [3.8, 4) is 11.4 Å². The predicted molar refractivity (Wildman–Crippen MR) is 119 cm³/mol.